The molecule has 0 saturated carbocycles. The number of anilines is 1. The summed E-state index contributed by atoms with van der Waals surface area (Å²) >= 11 is 1.94. The van der Waals surface area contributed by atoms with Crippen molar-refractivity contribution in [1.29, 1.82) is 0 Å². The highest BCUT2D eigenvalue weighted by atomic mass is 32.2. The second kappa shape index (κ2) is 5.68. The molecule has 0 radical (unpaired) electrons. The normalized spacial score (nSPS) is 18.9. The summed E-state index contributed by atoms with van der Waals surface area (Å²) in [5, 5.41) is 4.34. The van der Waals surface area contributed by atoms with Crippen molar-refractivity contribution in [2.75, 3.05) is 24.6 Å². The Hall–Kier alpha value is -1.17. The molecule has 2 rings (SSSR count). The standard InChI is InChI=1S/C14H24N4OS/c1-10-13(15)11(2)18(16-10)9-12(19)17-6-5-14(3,4)20-8-7-17/h5-9,15H2,1-4H3. The minimum Gasteiger partial charge on any atom is -0.396 e. The average Bonchev–Trinajstić information content (AvgIpc) is 2.55. The Morgan fingerprint density at radius 1 is 1.40 bits per heavy atom. The molecule has 1 aliphatic heterocycles. The predicted octanol–water partition coefficient (Wildman–Crippen LogP) is 1.83. The number of amides is 1. The van der Waals surface area contributed by atoms with E-state index in [0.29, 0.717) is 5.69 Å². The average molecular weight is 296 g/mol. The van der Waals surface area contributed by atoms with Gasteiger partial charge in [0.25, 0.3) is 0 Å². The first-order valence-corrected chi connectivity index (χ1v) is 8.00. The van der Waals surface area contributed by atoms with Crippen LogP contribution in [-0.2, 0) is 11.3 Å². The molecular formula is C14H24N4OS. The fourth-order valence-corrected chi connectivity index (χ4v) is 3.46. The molecule has 1 saturated heterocycles. The van der Waals surface area contributed by atoms with Gasteiger partial charge in [0.15, 0.2) is 0 Å². The third-order valence-corrected chi connectivity index (χ3v) is 5.29. The van der Waals surface area contributed by atoms with Crippen LogP contribution in [0.3, 0.4) is 0 Å². The van der Waals surface area contributed by atoms with Crippen LogP contribution in [0.2, 0.25) is 0 Å². The number of thioether (sulfide) groups is 1. The number of aromatic nitrogens is 2. The molecule has 0 bridgehead atoms. The van der Waals surface area contributed by atoms with Gasteiger partial charge in [0.1, 0.15) is 6.54 Å². The van der Waals surface area contributed by atoms with Crippen LogP contribution in [0.25, 0.3) is 0 Å². The molecule has 20 heavy (non-hydrogen) atoms. The third-order valence-electron chi connectivity index (χ3n) is 3.91. The van der Waals surface area contributed by atoms with Gasteiger partial charge in [-0.15, -0.1) is 0 Å². The summed E-state index contributed by atoms with van der Waals surface area (Å²) in [5.41, 5.74) is 8.26. The first-order chi connectivity index (χ1) is 9.30. The number of hydrogen-bond donors (Lipinski definition) is 1. The molecule has 6 heteroatoms. The van der Waals surface area contributed by atoms with Crippen molar-refractivity contribution >= 4 is 23.4 Å². The zero-order valence-corrected chi connectivity index (χ0v) is 13.6. The van der Waals surface area contributed by atoms with E-state index in [1.807, 2.05) is 30.5 Å². The van der Waals surface area contributed by atoms with E-state index in [2.05, 4.69) is 18.9 Å². The van der Waals surface area contributed by atoms with Crippen molar-refractivity contribution in [2.45, 2.75) is 45.4 Å². The number of rotatable bonds is 2. The van der Waals surface area contributed by atoms with Crippen LogP contribution in [0.1, 0.15) is 31.7 Å². The summed E-state index contributed by atoms with van der Waals surface area (Å²) < 4.78 is 1.98. The number of nitrogens with two attached hydrogens (primary N) is 1. The van der Waals surface area contributed by atoms with Gasteiger partial charge in [-0.05, 0) is 20.3 Å². The fraction of sp³-hybridized carbons (Fsp3) is 0.714. The molecule has 0 aromatic carbocycles. The summed E-state index contributed by atoms with van der Waals surface area (Å²) in [4.78, 5) is 14.4. The highest BCUT2D eigenvalue weighted by molar-refractivity contribution is 8.00. The third kappa shape index (κ3) is 3.29. The first-order valence-electron chi connectivity index (χ1n) is 7.01. The Morgan fingerprint density at radius 2 is 2.10 bits per heavy atom. The van der Waals surface area contributed by atoms with Crippen LogP contribution in [-0.4, -0.2) is 44.2 Å². The van der Waals surface area contributed by atoms with Gasteiger partial charge in [0.05, 0.1) is 17.1 Å². The van der Waals surface area contributed by atoms with Crippen LogP contribution < -0.4 is 5.73 Å². The van der Waals surface area contributed by atoms with Crippen molar-refractivity contribution in [3.8, 4) is 0 Å². The maximum Gasteiger partial charge on any atom is 0.244 e. The maximum absolute atomic E-state index is 12.4. The Labute approximate surface area is 124 Å². The molecule has 0 unspecified atom stereocenters. The van der Waals surface area contributed by atoms with Gasteiger partial charge in [0, 0.05) is 23.6 Å². The van der Waals surface area contributed by atoms with E-state index in [1.165, 1.54) is 0 Å². The summed E-state index contributed by atoms with van der Waals surface area (Å²) in [6, 6.07) is 0. The summed E-state index contributed by atoms with van der Waals surface area (Å²) in [5.74, 6) is 1.13. The van der Waals surface area contributed by atoms with E-state index >= 15 is 0 Å². The summed E-state index contributed by atoms with van der Waals surface area (Å²) in [6.07, 6.45) is 1.03. The van der Waals surface area contributed by atoms with E-state index in [9.17, 15) is 4.79 Å². The molecule has 1 amide bonds. The Balaban J connectivity index is 2.03. The van der Waals surface area contributed by atoms with E-state index in [-0.39, 0.29) is 17.2 Å². The van der Waals surface area contributed by atoms with Gasteiger partial charge in [-0.2, -0.15) is 16.9 Å². The van der Waals surface area contributed by atoms with Crippen molar-refractivity contribution in [3.63, 3.8) is 0 Å². The molecule has 2 heterocycles. The molecule has 0 spiro atoms. The lowest BCUT2D eigenvalue weighted by Gasteiger charge is -2.22. The Kier molecular flexibility index (Phi) is 4.32. The molecule has 2 N–H and O–H groups in total. The molecule has 112 valence electrons. The van der Waals surface area contributed by atoms with Crippen molar-refractivity contribution in [1.82, 2.24) is 14.7 Å². The number of carbonyl (C=O) groups is 1. The molecule has 0 aliphatic carbocycles. The lowest BCUT2D eigenvalue weighted by molar-refractivity contribution is -0.131. The van der Waals surface area contributed by atoms with Crippen molar-refractivity contribution in [2.24, 2.45) is 0 Å². The number of nitrogen functional groups attached to an aromatic ring is 1. The molecule has 1 fully saturated rings. The Bertz CT molecular complexity index is 510. The molecule has 0 atom stereocenters. The van der Waals surface area contributed by atoms with Gasteiger partial charge < -0.3 is 10.6 Å². The van der Waals surface area contributed by atoms with Crippen LogP contribution in [0, 0.1) is 13.8 Å². The van der Waals surface area contributed by atoms with Crippen LogP contribution in [0.15, 0.2) is 0 Å². The highest BCUT2D eigenvalue weighted by Gasteiger charge is 2.26. The van der Waals surface area contributed by atoms with Gasteiger partial charge in [-0.3, -0.25) is 9.48 Å². The van der Waals surface area contributed by atoms with E-state index in [1.54, 1.807) is 4.68 Å². The second-order valence-electron chi connectivity index (χ2n) is 5.98. The maximum atomic E-state index is 12.4. The second-order valence-corrected chi connectivity index (χ2v) is 7.78. The van der Waals surface area contributed by atoms with Crippen LogP contribution in [0.4, 0.5) is 5.69 Å². The van der Waals surface area contributed by atoms with Crippen molar-refractivity contribution in [3.05, 3.63) is 11.4 Å². The Morgan fingerprint density at radius 3 is 2.70 bits per heavy atom. The SMILES string of the molecule is Cc1nn(CC(=O)N2CCSC(C)(C)CC2)c(C)c1N. The largest absolute Gasteiger partial charge is 0.396 e. The molecule has 1 aromatic heterocycles. The van der Waals surface area contributed by atoms with Crippen LogP contribution in [0.5, 0.6) is 0 Å². The summed E-state index contributed by atoms with van der Waals surface area (Å²) in [6.45, 7) is 10.2. The van der Waals surface area contributed by atoms with E-state index in [4.69, 9.17) is 5.73 Å². The zero-order chi connectivity index (χ0) is 14.9. The number of hydrogen-bond acceptors (Lipinski definition) is 4. The minimum absolute atomic E-state index is 0.133. The quantitative estimate of drug-likeness (QED) is 0.904. The summed E-state index contributed by atoms with van der Waals surface area (Å²) in [7, 11) is 0. The van der Waals surface area contributed by atoms with Crippen molar-refractivity contribution < 1.29 is 4.79 Å². The zero-order valence-electron chi connectivity index (χ0n) is 12.8. The number of aryl methyl sites for hydroxylation is 1. The van der Waals surface area contributed by atoms with Gasteiger partial charge in [-0.1, -0.05) is 13.8 Å². The number of carbonyl (C=O) groups excluding carboxylic acids is 1. The van der Waals surface area contributed by atoms with Gasteiger partial charge >= 0.3 is 0 Å². The highest BCUT2D eigenvalue weighted by Crippen LogP contribution is 2.30. The molecular weight excluding hydrogens is 272 g/mol. The fourth-order valence-electron chi connectivity index (χ4n) is 2.36. The topological polar surface area (TPSA) is 64.2 Å². The van der Waals surface area contributed by atoms with Gasteiger partial charge in [0.2, 0.25) is 5.91 Å². The lowest BCUT2D eigenvalue weighted by atomic mass is 10.1. The van der Waals surface area contributed by atoms with Gasteiger partial charge in [-0.25, -0.2) is 0 Å². The van der Waals surface area contributed by atoms with E-state index < -0.39 is 0 Å². The van der Waals surface area contributed by atoms with Crippen LogP contribution >= 0.6 is 11.8 Å². The monoisotopic (exact) mass is 296 g/mol. The first kappa shape index (κ1) is 15.2. The molecule has 5 nitrogen and oxygen atoms in total. The number of nitrogens with zero attached hydrogens (tertiary/aromatic N) is 3. The smallest absolute Gasteiger partial charge is 0.244 e. The molecule has 1 aromatic rings. The van der Waals surface area contributed by atoms with E-state index in [0.717, 1.165) is 36.7 Å². The minimum atomic E-state index is 0.133. The lowest BCUT2D eigenvalue weighted by Crippen LogP contribution is -2.36. The molecule has 1 aliphatic rings. The predicted molar refractivity (Wildman–Crippen MR) is 83.8 cm³/mol.